The first-order valence-corrected chi connectivity index (χ1v) is 10.4. The molecule has 0 spiro atoms. The first-order chi connectivity index (χ1) is 14.6. The molecule has 1 saturated heterocycles. The van der Waals surface area contributed by atoms with E-state index in [0.29, 0.717) is 24.6 Å². The third kappa shape index (κ3) is 4.08. The van der Waals surface area contributed by atoms with Gasteiger partial charge < -0.3 is 19.5 Å². The lowest BCUT2D eigenvalue weighted by Gasteiger charge is -2.33. The van der Waals surface area contributed by atoms with Crippen LogP contribution in [0.4, 0.5) is 5.82 Å². The van der Waals surface area contributed by atoms with Gasteiger partial charge in [0.05, 0.1) is 18.7 Å². The zero-order valence-corrected chi connectivity index (χ0v) is 17.6. The van der Waals surface area contributed by atoms with Gasteiger partial charge in [0.15, 0.2) is 0 Å². The number of nitrogens with zero attached hydrogens (tertiary/aromatic N) is 4. The molecule has 1 unspecified atom stereocenters. The molecule has 1 N–H and O–H groups in total. The maximum absolute atomic E-state index is 12.9. The Bertz CT molecular complexity index is 1050. The normalized spacial score (nSPS) is 16.6. The Morgan fingerprint density at radius 3 is 3.03 bits per heavy atom. The van der Waals surface area contributed by atoms with Crippen LogP contribution in [0.15, 0.2) is 28.8 Å². The summed E-state index contributed by atoms with van der Waals surface area (Å²) in [6.07, 6.45) is 2.52. The highest BCUT2D eigenvalue weighted by Gasteiger charge is 2.29. The van der Waals surface area contributed by atoms with Gasteiger partial charge in [0.1, 0.15) is 22.8 Å². The molecule has 158 valence electrons. The van der Waals surface area contributed by atoms with E-state index in [2.05, 4.69) is 25.3 Å². The van der Waals surface area contributed by atoms with Gasteiger partial charge in [-0.25, -0.2) is 4.98 Å². The highest BCUT2D eigenvalue weighted by molar-refractivity contribution is 5.89. The molecule has 1 aromatic carbocycles. The Kier molecular flexibility index (Phi) is 5.83. The van der Waals surface area contributed by atoms with E-state index in [1.165, 1.54) is 0 Å². The highest BCUT2D eigenvalue weighted by atomic mass is 16.5. The molecule has 1 aliphatic heterocycles. The maximum Gasteiger partial charge on any atom is 0.263 e. The monoisotopic (exact) mass is 409 g/mol. The number of aryl methyl sites for hydroxylation is 2. The van der Waals surface area contributed by atoms with Crippen molar-refractivity contribution in [3.63, 3.8) is 0 Å². The zero-order valence-electron chi connectivity index (χ0n) is 17.6. The number of nitrogens with one attached hydrogen (secondary N) is 1. The van der Waals surface area contributed by atoms with Crippen molar-refractivity contribution in [1.82, 2.24) is 20.4 Å². The smallest absolute Gasteiger partial charge is 0.263 e. The van der Waals surface area contributed by atoms with Gasteiger partial charge in [0.25, 0.3) is 5.71 Å². The molecule has 0 saturated carbocycles. The molecule has 1 fully saturated rings. The molecule has 4 rings (SSSR count). The topological polar surface area (TPSA) is 93.4 Å². The van der Waals surface area contributed by atoms with Gasteiger partial charge in [-0.05, 0) is 43.9 Å². The van der Waals surface area contributed by atoms with E-state index in [1.807, 2.05) is 38.1 Å². The van der Waals surface area contributed by atoms with Crippen molar-refractivity contribution in [2.75, 3.05) is 25.1 Å². The van der Waals surface area contributed by atoms with Crippen LogP contribution in [0.25, 0.3) is 11.1 Å². The van der Waals surface area contributed by atoms with Crippen molar-refractivity contribution in [2.45, 2.75) is 39.7 Å². The second-order valence-corrected chi connectivity index (χ2v) is 7.61. The van der Waals surface area contributed by atoms with Crippen molar-refractivity contribution < 1.29 is 14.1 Å². The van der Waals surface area contributed by atoms with E-state index in [1.54, 1.807) is 7.11 Å². The number of benzene rings is 1. The minimum Gasteiger partial charge on any atom is -0.497 e. The molecule has 2 aromatic heterocycles. The molecule has 1 amide bonds. The number of anilines is 1. The van der Waals surface area contributed by atoms with Gasteiger partial charge in [0.2, 0.25) is 5.91 Å². The summed E-state index contributed by atoms with van der Waals surface area (Å²) in [7, 11) is 1.64. The van der Waals surface area contributed by atoms with Crippen LogP contribution in [0, 0.1) is 12.8 Å². The molecule has 1 atom stereocenters. The number of hydrogen-bond acceptors (Lipinski definition) is 7. The van der Waals surface area contributed by atoms with Crippen LogP contribution in [0.5, 0.6) is 5.75 Å². The van der Waals surface area contributed by atoms with Gasteiger partial charge >= 0.3 is 0 Å². The number of methoxy groups -OCH3 is 1. The Morgan fingerprint density at radius 1 is 1.37 bits per heavy atom. The Hall–Kier alpha value is -3.16. The lowest BCUT2D eigenvalue weighted by molar-refractivity contribution is -0.125. The number of hydrogen-bond donors (Lipinski definition) is 1. The molecule has 3 heterocycles. The molecule has 1 aliphatic rings. The van der Waals surface area contributed by atoms with E-state index in [0.717, 1.165) is 54.0 Å². The van der Waals surface area contributed by atoms with Crippen molar-refractivity contribution >= 4 is 22.8 Å². The summed E-state index contributed by atoms with van der Waals surface area (Å²) in [5.74, 6) is 2.21. The van der Waals surface area contributed by atoms with E-state index in [9.17, 15) is 4.79 Å². The highest BCUT2D eigenvalue weighted by Crippen LogP contribution is 2.31. The fraction of sp³-hybridized carbons (Fsp3) is 0.455. The number of rotatable bonds is 6. The number of carbonyl (C=O) groups is 1. The number of aromatic nitrogens is 3. The zero-order chi connectivity index (χ0) is 21.1. The average molecular weight is 409 g/mol. The molecule has 0 bridgehead atoms. The van der Waals surface area contributed by atoms with Gasteiger partial charge in [0, 0.05) is 19.6 Å². The van der Waals surface area contributed by atoms with Crippen molar-refractivity contribution in [2.24, 2.45) is 5.92 Å². The number of piperidine rings is 1. The molecule has 0 radical (unpaired) electrons. The third-order valence-electron chi connectivity index (χ3n) is 5.53. The van der Waals surface area contributed by atoms with Gasteiger partial charge in [-0.2, -0.15) is 4.98 Å². The van der Waals surface area contributed by atoms with E-state index < -0.39 is 0 Å². The summed E-state index contributed by atoms with van der Waals surface area (Å²) in [6, 6.07) is 7.74. The second-order valence-electron chi connectivity index (χ2n) is 7.61. The predicted octanol–water partition coefficient (Wildman–Crippen LogP) is 3.03. The second kappa shape index (κ2) is 8.69. The van der Waals surface area contributed by atoms with E-state index in [4.69, 9.17) is 9.26 Å². The molecule has 3 aromatic rings. The molecule has 30 heavy (non-hydrogen) atoms. The maximum atomic E-state index is 12.9. The van der Waals surface area contributed by atoms with Crippen LogP contribution in [0.1, 0.15) is 36.8 Å². The summed E-state index contributed by atoms with van der Waals surface area (Å²) in [5, 5.41) is 8.08. The fourth-order valence-electron chi connectivity index (χ4n) is 3.96. The average Bonchev–Trinajstić information content (AvgIpc) is 3.20. The Balaban J connectivity index is 1.49. The van der Waals surface area contributed by atoms with Crippen LogP contribution in [0.2, 0.25) is 0 Å². The molecular weight excluding hydrogens is 382 g/mol. The molecule has 0 aliphatic carbocycles. The van der Waals surface area contributed by atoms with Gasteiger partial charge in [-0.1, -0.05) is 24.2 Å². The lowest BCUT2D eigenvalue weighted by Crippen LogP contribution is -2.43. The summed E-state index contributed by atoms with van der Waals surface area (Å²) < 4.78 is 10.7. The number of amides is 1. The Morgan fingerprint density at radius 2 is 2.23 bits per heavy atom. The SMILES string of the molecule is CCc1noc2nc(C)nc(N3CCCC(C(=O)NCc4cccc(OC)c4)C3)c12. The first-order valence-electron chi connectivity index (χ1n) is 10.4. The van der Waals surface area contributed by atoms with Crippen LogP contribution in [0.3, 0.4) is 0 Å². The van der Waals surface area contributed by atoms with Gasteiger partial charge in [-0.3, -0.25) is 4.79 Å². The minimum atomic E-state index is -0.0976. The number of carbonyl (C=O) groups excluding carboxylic acids is 1. The lowest BCUT2D eigenvalue weighted by atomic mass is 9.96. The summed E-state index contributed by atoms with van der Waals surface area (Å²) in [6.45, 7) is 5.82. The summed E-state index contributed by atoms with van der Waals surface area (Å²) in [4.78, 5) is 24.1. The van der Waals surface area contributed by atoms with Crippen LogP contribution in [-0.2, 0) is 17.8 Å². The number of ether oxygens (including phenoxy) is 1. The number of fused-ring (bicyclic) bond motifs is 1. The summed E-state index contributed by atoms with van der Waals surface area (Å²) in [5.41, 5.74) is 2.38. The first kappa shape index (κ1) is 20.1. The van der Waals surface area contributed by atoms with E-state index >= 15 is 0 Å². The van der Waals surface area contributed by atoms with Crippen LogP contribution in [-0.4, -0.2) is 41.2 Å². The quantitative estimate of drug-likeness (QED) is 0.669. The Labute approximate surface area is 175 Å². The largest absolute Gasteiger partial charge is 0.497 e. The van der Waals surface area contributed by atoms with Crippen molar-refractivity contribution in [3.05, 3.63) is 41.3 Å². The standard InChI is InChI=1S/C22H27N5O3/c1-4-18-19-20(24-14(2)25-22(19)30-26-18)27-10-6-8-16(13-27)21(28)23-12-15-7-5-9-17(11-15)29-3/h5,7,9,11,16H,4,6,8,10,12-13H2,1-3H3,(H,23,28). The van der Waals surface area contributed by atoms with Crippen LogP contribution < -0.4 is 15.0 Å². The van der Waals surface area contributed by atoms with Gasteiger partial charge in [-0.15, -0.1) is 0 Å². The van der Waals surface area contributed by atoms with Crippen LogP contribution >= 0.6 is 0 Å². The molecular formula is C22H27N5O3. The van der Waals surface area contributed by atoms with E-state index in [-0.39, 0.29) is 11.8 Å². The third-order valence-corrected chi connectivity index (χ3v) is 5.53. The fourth-order valence-corrected chi connectivity index (χ4v) is 3.96. The summed E-state index contributed by atoms with van der Waals surface area (Å²) >= 11 is 0. The van der Waals surface area contributed by atoms with Crippen molar-refractivity contribution in [3.8, 4) is 5.75 Å². The predicted molar refractivity (Wildman–Crippen MR) is 113 cm³/mol. The van der Waals surface area contributed by atoms with Crippen molar-refractivity contribution in [1.29, 1.82) is 0 Å². The molecule has 8 heteroatoms. The minimum absolute atomic E-state index is 0.0607. The molecule has 8 nitrogen and oxygen atoms in total.